The molecule has 3 aromatic carbocycles. The Labute approximate surface area is 184 Å². The average molecular weight is 436 g/mol. The maximum Gasteiger partial charge on any atom is 0.300 e. The molecular formula is C25H19ClFNO3. The second-order valence-corrected chi connectivity index (χ2v) is 7.68. The maximum atomic E-state index is 13.6. The number of ketones is 1. The van der Waals surface area contributed by atoms with Crippen molar-refractivity contribution in [1.29, 1.82) is 0 Å². The van der Waals surface area contributed by atoms with Crippen LogP contribution >= 0.6 is 11.6 Å². The Hall–Kier alpha value is -3.44. The number of aliphatic hydroxyl groups is 1. The predicted octanol–water partition coefficient (Wildman–Crippen LogP) is 5.67. The SMILES string of the molecule is CCc1ccc(/C(O)=C2\C(=O)C(=O)N(c3ccc(Cl)cc3)C2c2ccc(F)cc2)cc1. The number of rotatable bonds is 4. The van der Waals surface area contributed by atoms with Gasteiger partial charge in [0.15, 0.2) is 0 Å². The topological polar surface area (TPSA) is 57.6 Å². The van der Waals surface area contributed by atoms with Crippen LogP contribution in [0.5, 0.6) is 0 Å². The van der Waals surface area contributed by atoms with Crippen molar-refractivity contribution in [1.82, 2.24) is 0 Å². The quantitative estimate of drug-likeness (QED) is 0.326. The molecule has 3 aromatic rings. The molecule has 0 bridgehead atoms. The van der Waals surface area contributed by atoms with E-state index in [1.54, 1.807) is 36.4 Å². The number of amides is 1. The molecule has 1 amide bonds. The van der Waals surface area contributed by atoms with Crippen LogP contribution in [0.4, 0.5) is 10.1 Å². The van der Waals surface area contributed by atoms with Gasteiger partial charge < -0.3 is 5.11 Å². The smallest absolute Gasteiger partial charge is 0.300 e. The predicted molar refractivity (Wildman–Crippen MR) is 118 cm³/mol. The molecule has 1 aliphatic rings. The summed E-state index contributed by atoms with van der Waals surface area (Å²) < 4.78 is 13.6. The normalized spacial score (nSPS) is 17.9. The second kappa shape index (κ2) is 8.36. The zero-order valence-electron chi connectivity index (χ0n) is 16.7. The molecular weight excluding hydrogens is 417 g/mol. The molecule has 31 heavy (non-hydrogen) atoms. The van der Waals surface area contributed by atoms with E-state index in [1.807, 2.05) is 19.1 Å². The van der Waals surface area contributed by atoms with Gasteiger partial charge in [-0.3, -0.25) is 14.5 Å². The van der Waals surface area contributed by atoms with Gasteiger partial charge in [0, 0.05) is 16.3 Å². The number of hydrogen-bond donors (Lipinski definition) is 1. The Balaban J connectivity index is 1.91. The molecule has 1 heterocycles. The summed E-state index contributed by atoms with van der Waals surface area (Å²) in [6.45, 7) is 2.01. The van der Waals surface area contributed by atoms with E-state index in [0.29, 0.717) is 21.8 Å². The number of carbonyl (C=O) groups excluding carboxylic acids is 2. The number of halogens is 2. The van der Waals surface area contributed by atoms with Crippen molar-refractivity contribution in [2.24, 2.45) is 0 Å². The third-order valence-corrected chi connectivity index (χ3v) is 5.62. The molecule has 156 valence electrons. The van der Waals surface area contributed by atoms with Crippen LogP contribution in [-0.2, 0) is 16.0 Å². The Morgan fingerprint density at radius 3 is 2.16 bits per heavy atom. The highest BCUT2D eigenvalue weighted by molar-refractivity contribution is 6.51. The first-order valence-corrected chi connectivity index (χ1v) is 10.2. The van der Waals surface area contributed by atoms with Gasteiger partial charge in [0.2, 0.25) is 0 Å². The number of anilines is 1. The Bertz CT molecular complexity index is 1170. The molecule has 1 aliphatic heterocycles. The number of hydrogen-bond acceptors (Lipinski definition) is 3. The molecule has 1 fully saturated rings. The number of Topliss-reactive ketones (excluding diaryl/α,β-unsaturated/α-hetero) is 1. The Kier molecular flexibility index (Phi) is 5.61. The van der Waals surface area contributed by atoms with Crippen molar-refractivity contribution in [3.8, 4) is 0 Å². The number of carbonyl (C=O) groups is 2. The van der Waals surface area contributed by atoms with Gasteiger partial charge in [-0.15, -0.1) is 0 Å². The summed E-state index contributed by atoms with van der Waals surface area (Å²) in [4.78, 5) is 27.4. The van der Waals surface area contributed by atoms with Crippen LogP contribution in [0.2, 0.25) is 5.02 Å². The van der Waals surface area contributed by atoms with Crippen LogP contribution in [0.15, 0.2) is 78.4 Å². The largest absolute Gasteiger partial charge is 0.507 e. The summed E-state index contributed by atoms with van der Waals surface area (Å²) in [5, 5.41) is 11.5. The summed E-state index contributed by atoms with van der Waals surface area (Å²) in [6.07, 6.45) is 0.831. The van der Waals surface area contributed by atoms with Crippen LogP contribution in [0.3, 0.4) is 0 Å². The lowest BCUT2D eigenvalue weighted by Gasteiger charge is -2.25. The Morgan fingerprint density at radius 2 is 1.58 bits per heavy atom. The third kappa shape index (κ3) is 3.84. The lowest BCUT2D eigenvalue weighted by atomic mass is 9.94. The van der Waals surface area contributed by atoms with Gasteiger partial charge in [-0.25, -0.2) is 4.39 Å². The fourth-order valence-electron chi connectivity index (χ4n) is 3.71. The van der Waals surface area contributed by atoms with E-state index in [9.17, 15) is 19.1 Å². The monoisotopic (exact) mass is 435 g/mol. The van der Waals surface area contributed by atoms with Gasteiger partial charge in [0.1, 0.15) is 11.6 Å². The fourth-order valence-corrected chi connectivity index (χ4v) is 3.84. The lowest BCUT2D eigenvalue weighted by Crippen LogP contribution is -2.29. The van der Waals surface area contributed by atoms with Crippen molar-refractivity contribution in [3.05, 3.63) is 106 Å². The first kappa shape index (κ1) is 20.8. The first-order chi connectivity index (χ1) is 14.9. The molecule has 6 heteroatoms. The van der Waals surface area contributed by atoms with Crippen LogP contribution in [0, 0.1) is 5.82 Å². The standard InChI is InChI=1S/C25H19ClFNO3/c1-2-15-3-5-17(6-4-15)23(29)21-22(16-7-11-19(27)12-8-16)28(25(31)24(21)30)20-13-9-18(26)10-14-20/h3-14,22,29H,2H2,1H3/b23-21+. The highest BCUT2D eigenvalue weighted by Gasteiger charge is 2.46. The molecule has 1 unspecified atom stereocenters. The van der Waals surface area contributed by atoms with E-state index in [4.69, 9.17) is 11.6 Å². The van der Waals surface area contributed by atoms with Crippen LogP contribution in [-0.4, -0.2) is 16.8 Å². The van der Waals surface area contributed by atoms with E-state index in [1.165, 1.54) is 29.2 Å². The van der Waals surface area contributed by atoms with Crippen molar-refractivity contribution in [2.45, 2.75) is 19.4 Å². The molecule has 1 N–H and O–H groups in total. The van der Waals surface area contributed by atoms with Crippen LogP contribution < -0.4 is 4.90 Å². The molecule has 1 atom stereocenters. The van der Waals surface area contributed by atoms with Gasteiger partial charge in [0.25, 0.3) is 11.7 Å². The molecule has 1 saturated heterocycles. The summed E-state index contributed by atoms with van der Waals surface area (Å²) >= 11 is 5.98. The highest BCUT2D eigenvalue weighted by atomic mass is 35.5. The molecule has 0 spiro atoms. The molecule has 0 aromatic heterocycles. The fraction of sp³-hybridized carbons (Fsp3) is 0.120. The third-order valence-electron chi connectivity index (χ3n) is 5.37. The van der Waals surface area contributed by atoms with Gasteiger partial charge in [-0.1, -0.05) is 54.9 Å². The van der Waals surface area contributed by atoms with Gasteiger partial charge in [-0.2, -0.15) is 0 Å². The Morgan fingerprint density at radius 1 is 0.968 bits per heavy atom. The highest BCUT2D eigenvalue weighted by Crippen LogP contribution is 2.42. The van der Waals surface area contributed by atoms with Crippen molar-refractivity contribution < 1.29 is 19.1 Å². The summed E-state index contributed by atoms with van der Waals surface area (Å²) in [5.74, 6) is -2.29. The van der Waals surface area contributed by atoms with Gasteiger partial charge in [-0.05, 0) is 53.9 Å². The van der Waals surface area contributed by atoms with E-state index < -0.39 is 23.5 Å². The van der Waals surface area contributed by atoms with Gasteiger partial charge in [0.05, 0.1) is 11.6 Å². The minimum Gasteiger partial charge on any atom is -0.507 e. The van der Waals surface area contributed by atoms with Gasteiger partial charge >= 0.3 is 0 Å². The minimum atomic E-state index is -0.910. The first-order valence-electron chi connectivity index (χ1n) is 9.82. The van der Waals surface area contributed by atoms with Crippen molar-refractivity contribution in [3.63, 3.8) is 0 Å². The molecule has 0 saturated carbocycles. The average Bonchev–Trinajstić information content (AvgIpc) is 3.05. The number of aryl methyl sites for hydroxylation is 1. The number of benzene rings is 3. The lowest BCUT2D eigenvalue weighted by molar-refractivity contribution is -0.132. The van der Waals surface area contributed by atoms with Crippen LogP contribution in [0.1, 0.15) is 29.7 Å². The second-order valence-electron chi connectivity index (χ2n) is 7.25. The van der Waals surface area contributed by atoms with Crippen LogP contribution in [0.25, 0.3) is 5.76 Å². The zero-order valence-corrected chi connectivity index (χ0v) is 17.4. The van der Waals surface area contributed by atoms with E-state index in [2.05, 4.69) is 0 Å². The number of nitrogens with zero attached hydrogens (tertiary/aromatic N) is 1. The van der Waals surface area contributed by atoms with Crippen molar-refractivity contribution in [2.75, 3.05) is 4.90 Å². The summed E-state index contributed by atoms with van der Waals surface area (Å²) in [7, 11) is 0. The number of aliphatic hydroxyl groups excluding tert-OH is 1. The van der Waals surface area contributed by atoms with Crippen molar-refractivity contribution >= 4 is 34.7 Å². The van der Waals surface area contributed by atoms with E-state index in [0.717, 1.165) is 12.0 Å². The van der Waals surface area contributed by atoms with E-state index >= 15 is 0 Å². The minimum absolute atomic E-state index is 0.0455. The molecule has 0 radical (unpaired) electrons. The summed E-state index contributed by atoms with van der Waals surface area (Å²) in [5.41, 5.74) is 2.41. The molecule has 0 aliphatic carbocycles. The maximum absolute atomic E-state index is 13.6. The zero-order chi connectivity index (χ0) is 22.1. The molecule has 4 rings (SSSR count). The summed E-state index contributed by atoms with van der Waals surface area (Å²) in [6, 6.07) is 18.2. The molecule has 4 nitrogen and oxygen atoms in total. The van der Waals surface area contributed by atoms with E-state index in [-0.39, 0.29) is 11.3 Å².